The summed E-state index contributed by atoms with van der Waals surface area (Å²) in [5.41, 5.74) is 1.53. The van der Waals surface area contributed by atoms with Gasteiger partial charge in [0.15, 0.2) is 16.7 Å². The Labute approximate surface area is 190 Å². The smallest absolute Gasteiger partial charge is 0.387 e. The van der Waals surface area contributed by atoms with Crippen molar-refractivity contribution >= 4 is 23.4 Å². The Balaban J connectivity index is 1.59. The number of thioether (sulfide) groups is 1. The third-order valence-electron chi connectivity index (χ3n) is 4.00. The van der Waals surface area contributed by atoms with Gasteiger partial charge >= 0.3 is 13.2 Å². The van der Waals surface area contributed by atoms with Crippen LogP contribution in [0, 0.1) is 0 Å². The second kappa shape index (κ2) is 11.4. The Bertz CT molecular complexity index is 1090. The molecule has 1 amide bonds. The van der Waals surface area contributed by atoms with Crippen LogP contribution in [-0.2, 0) is 4.79 Å². The van der Waals surface area contributed by atoms with Crippen molar-refractivity contribution in [3.63, 3.8) is 0 Å². The quantitative estimate of drug-likeness (QED) is 0.245. The van der Waals surface area contributed by atoms with Gasteiger partial charge in [-0.1, -0.05) is 11.8 Å². The van der Waals surface area contributed by atoms with Crippen molar-refractivity contribution in [1.82, 2.24) is 9.97 Å². The fourth-order valence-electron chi connectivity index (χ4n) is 2.64. The zero-order valence-electron chi connectivity index (χ0n) is 17.0. The van der Waals surface area contributed by atoms with Crippen LogP contribution in [0.5, 0.6) is 17.2 Å². The Hall–Kier alpha value is -3.54. The van der Waals surface area contributed by atoms with Crippen LogP contribution in [-0.4, -0.2) is 42.0 Å². The predicted octanol–water partition coefficient (Wildman–Crippen LogP) is 5.09. The number of rotatable bonds is 10. The first-order chi connectivity index (χ1) is 15.8. The van der Waals surface area contributed by atoms with E-state index in [2.05, 4.69) is 24.8 Å². The molecule has 1 aromatic heterocycles. The van der Waals surface area contributed by atoms with E-state index in [-0.39, 0.29) is 28.9 Å². The minimum absolute atomic E-state index is 0.0256. The van der Waals surface area contributed by atoms with Crippen LogP contribution in [0.3, 0.4) is 0 Å². The van der Waals surface area contributed by atoms with Crippen LogP contribution in [0.4, 0.5) is 23.2 Å². The summed E-state index contributed by atoms with van der Waals surface area (Å²) in [5, 5.41) is 2.95. The van der Waals surface area contributed by atoms with E-state index in [0.29, 0.717) is 22.1 Å². The van der Waals surface area contributed by atoms with Gasteiger partial charge in [0.2, 0.25) is 5.91 Å². The SMILES string of the molecule is COc1cc(NC(=O)CSc2nccc(-c3ccc(OC(F)F)cc3)n2)ccc1OC(F)F. The number of halogens is 4. The first-order valence-corrected chi connectivity index (χ1v) is 10.3. The minimum atomic E-state index is -3.00. The predicted molar refractivity (Wildman–Crippen MR) is 113 cm³/mol. The number of nitrogens with zero attached hydrogens (tertiary/aromatic N) is 2. The average molecular weight is 483 g/mol. The van der Waals surface area contributed by atoms with E-state index in [4.69, 9.17) is 4.74 Å². The Morgan fingerprint density at radius 1 is 1.00 bits per heavy atom. The molecule has 2 aromatic carbocycles. The third-order valence-corrected chi connectivity index (χ3v) is 4.87. The molecule has 3 aromatic rings. The first kappa shape index (κ1) is 24.1. The highest BCUT2D eigenvalue weighted by Gasteiger charge is 2.13. The van der Waals surface area contributed by atoms with Crippen LogP contribution in [0.1, 0.15) is 0 Å². The number of anilines is 1. The van der Waals surface area contributed by atoms with Gasteiger partial charge in [-0.3, -0.25) is 4.79 Å². The van der Waals surface area contributed by atoms with Crippen molar-refractivity contribution in [2.45, 2.75) is 18.4 Å². The van der Waals surface area contributed by atoms with Gasteiger partial charge in [0.05, 0.1) is 18.6 Å². The standard InChI is InChI=1S/C21H17F4N3O4S/c1-30-17-10-13(4-7-16(17)32-20(24)25)27-18(29)11-33-21-26-9-8-15(28-21)12-2-5-14(6-3-12)31-19(22)23/h2-10,19-20H,11H2,1H3,(H,27,29). The normalized spacial score (nSPS) is 10.9. The topological polar surface area (TPSA) is 82.6 Å². The summed E-state index contributed by atoms with van der Waals surface area (Å²) < 4.78 is 63.0. The lowest BCUT2D eigenvalue weighted by molar-refractivity contribution is -0.113. The minimum Gasteiger partial charge on any atom is -0.493 e. The molecule has 0 aliphatic rings. The molecule has 0 saturated heterocycles. The van der Waals surface area contributed by atoms with Gasteiger partial charge in [0.25, 0.3) is 0 Å². The van der Waals surface area contributed by atoms with E-state index < -0.39 is 13.2 Å². The monoisotopic (exact) mass is 483 g/mol. The number of ether oxygens (including phenoxy) is 3. The van der Waals surface area contributed by atoms with Crippen LogP contribution in [0.2, 0.25) is 0 Å². The summed E-state index contributed by atoms with van der Waals surface area (Å²) in [6.07, 6.45) is 1.51. The van der Waals surface area contributed by atoms with E-state index in [1.165, 1.54) is 43.6 Å². The van der Waals surface area contributed by atoms with Crippen LogP contribution in [0.25, 0.3) is 11.3 Å². The van der Waals surface area contributed by atoms with Crippen molar-refractivity contribution in [3.8, 4) is 28.5 Å². The fourth-order valence-corrected chi connectivity index (χ4v) is 3.27. The number of carbonyl (C=O) groups is 1. The zero-order chi connectivity index (χ0) is 23.8. The fraction of sp³-hybridized carbons (Fsp3) is 0.190. The van der Waals surface area contributed by atoms with Crippen molar-refractivity contribution in [2.24, 2.45) is 0 Å². The van der Waals surface area contributed by atoms with Crippen LogP contribution < -0.4 is 19.5 Å². The lowest BCUT2D eigenvalue weighted by Gasteiger charge is -2.12. The van der Waals surface area contributed by atoms with Crippen molar-refractivity contribution in [3.05, 3.63) is 54.7 Å². The Morgan fingerprint density at radius 2 is 1.73 bits per heavy atom. The third kappa shape index (κ3) is 7.24. The number of aromatic nitrogens is 2. The van der Waals surface area contributed by atoms with Gasteiger partial charge in [0.1, 0.15) is 5.75 Å². The number of nitrogens with one attached hydrogen (secondary N) is 1. The number of benzene rings is 2. The summed E-state index contributed by atoms with van der Waals surface area (Å²) in [5.74, 6) is -0.491. The van der Waals surface area contributed by atoms with Gasteiger partial charge in [-0.2, -0.15) is 17.6 Å². The van der Waals surface area contributed by atoms with E-state index in [1.54, 1.807) is 18.2 Å². The van der Waals surface area contributed by atoms with Crippen molar-refractivity contribution in [2.75, 3.05) is 18.2 Å². The molecular weight excluding hydrogens is 466 g/mol. The number of hydrogen-bond donors (Lipinski definition) is 1. The van der Waals surface area contributed by atoms with Gasteiger partial charge in [-0.15, -0.1) is 0 Å². The summed E-state index contributed by atoms with van der Waals surface area (Å²) >= 11 is 1.08. The highest BCUT2D eigenvalue weighted by Crippen LogP contribution is 2.31. The lowest BCUT2D eigenvalue weighted by atomic mass is 10.1. The van der Waals surface area contributed by atoms with Crippen LogP contribution in [0.15, 0.2) is 59.9 Å². The number of carbonyl (C=O) groups excluding carboxylic acids is 1. The molecule has 12 heteroatoms. The van der Waals surface area contributed by atoms with Gasteiger partial charge < -0.3 is 19.5 Å². The molecule has 0 aliphatic carbocycles. The average Bonchev–Trinajstić information content (AvgIpc) is 2.78. The molecule has 7 nitrogen and oxygen atoms in total. The number of alkyl halides is 4. The largest absolute Gasteiger partial charge is 0.493 e. The lowest BCUT2D eigenvalue weighted by Crippen LogP contribution is -2.14. The molecule has 3 rings (SSSR count). The zero-order valence-corrected chi connectivity index (χ0v) is 17.8. The molecule has 1 heterocycles. The van der Waals surface area contributed by atoms with Crippen LogP contribution >= 0.6 is 11.8 Å². The van der Waals surface area contributed by atoms with Gasteiger partial charge in [-0.05, 0) is 42.5 Å². The maximum Gasteiger partial charge on any atom is 0.387 e. The van der Waals surface area contributed by atoms with E-state index in [0.717, 1.165) is 11.8 Å². The number of amides is 1. The summed E-state index contributed by atoms with van der Waals surface area (Å²) in [6.45, 7) is -5.91. The Morgan fingerprint density at radius 3 is 2.39 bits per heavy atom. The molecule has 0 saturated carbocycles. The first-order valence-electron chi connectivity index (χ1n) is 9.28. The molecule has 0 unspecified atom stereocenters. The molecule has 0 aliphatic heterocycles. The second-order valence-electron chi connectivity index (χ2n) is 6.21. The van der Waals surface area contributed by atoms with Crippen molar-refractivity contribution in [1.29, 1.82) is 0 Å². The molecule has 33 heavy (non-hydrogen) atoms. The number of hydrogen-bond acceptors (Lipinski definition) is 7. The van der Waals surface area contributed by atoms with E-state index in [9.17, 15) is 22.4 Å². The summed E-state index contributed by atoms with van der Waals surface area (Å²) in [4.78, 5) is 20.7. The van der Waals surface area contributed by atoms with Gasteiger partial charge in [-0.25, -0.2) is 9.97 Å². The Kier molecular flexibility index (Phi) is 8.30. The van der Waals surface area contributed by atoms with E-state index in [1.807, 2.05) is 0 Å². The highest BCUT2D eigenvalue weighted by atomic mass is 32.2. The van der Waals surface area contributed by atoms with Gasteiger partial charge in [0, 0.05) is 23.5 Å². The summed E-state index contributed by atoms with van der Waals surface area (Å²) in [7, 11) is 1.29. The second-order valence-corrected chi connectivity index (χ2v) is 7.15. The molecule has 174 valence electrons. The molecule has 0 spiro atoms. The number of methoxy groups -OCH3 is 1. The molecule has 0 atom stereocenters. The van der Waals surface area contributed by atoms with Crippen molar-refractivity contribution < 1.29 is 36.6 Å². The molecule has 1 N–H and O–H groups in total. The maximum atomic E-state index is 12.4. The molecular formula is C21H17F4N3O4S. The van der Waals surface area contributed by atoms with E-state index >= 15 is 0 Å². The molecule has 0 bridgehead atoms. The maximum absolute atomic E-state index is 12.4. The molecule has 0 radical (unpaired) electrons. The molecule has 0 fully saturated rings. The highest BCUT2D eigenvalue weighted by molar-refractivity contribution is 7.99. The summed E-state index contributed by atoms with van der Waals surface area (Å²) in [6, 6.07) is 11.6.